The molecule has 5 nitrogen and oxygen atoms in total. The molecule has 0 amide bonds. The van der Waals surface area contributed by atoms with E-state index < -0.39 is 0 Å². The van der Waals surface area contributed by atoms with Crippen LogP contribution in [0.3, 0.4) is 0 Å². The monoisotopic (exact) mass is 322 g/mol. The Morgan fingerprint density at radius 3 is 2.62 bits per heavy atom. The van der Waals surface area contributed by atoms with Gasteiger partial charge in [0.15, 0.2) is 0 Å². The lowest BCUT2D eigenvalue weighted by molar-refractivity contribution is 0.0398. The highest BCUT2D eigenvalue weighted by atomic mass is 16.5. The van der Waals surface area contributed by atoms with Gasteiger partial charge in [-0.15, -0.1) is 0 Å². The zero-order valence-corrected chi connectivity index (χ0v) is 14.0. The van der Waals surface area contributed by atoms with Crippen molar-refractivity contribution in [3.63, 3.8) is 0 Å². The molecule has 1 aliphatic rings. The third-order valence-electron chi connectivity index (χ3n) is 3.95. The maximum atomic E-state index is 5.34. The van der Waals surface area contributed by atoms with E-state index in [0.29, 0.717) is 5.95 Å². The van der Waals surface area contributed by atoms with Crippen LogP contribution in [-0.4, -0.2) is 54.3 Å². The molecule has 1 aromatic carbocycles. The second kappa shape index (κ2) is 8.44. The van der Waals surface area contributed by atoms with E-state index in [0.717, 1.165) is 50.5 Å². The first-order valence-corrected chi connectivity index (χ1v) is 8.25. The Labute approximate surface area is 143 Å². The number of nitrogens with zero attached hydrogens (tertiary/aromatic N) is 3. The lowest BCUT2D eigenvalue weighted by Gasteiger charge is -2.26. The molecule has 1 saturated heterocycles. The summed E-state index contributed by atoms with van der Waals surface area (Å²) in [5.41, 5.74) is 3.02. The molecule has 1 fully saturated rings. The summed E-state index contributed by atoms with van der Waals surface area (Å²) in [4.78, 5) is 11.0. The summed E-state index contributed by atoms with van der Waals surface area (Å²) in [6, 6.07) is 8.09. The van der Waals surface area contributed by atoms with Gasteiger partial charge in [-0.3, -0.25) is 4.90 Å². The van der Waals surface area contributed by atoms with Crippen LogP contribution in [0.15, 0.2) is 36.7 Å². The standard InChI is InChI=1S/C19H22N4O/c1-16-4-2-3-5-18(16)7-6-17-14-21-19(22-15-17)20-8-9-23-10-12-24-13-11-23/h2-5,14-15H,8-13H2,1H3,(H,20,21,22). The van der Waals surface area contributed by atoms with Gasteiger partial charge in [-0.1, -0.05) is 30.0 Å². The number of ether oxygens (including phenoxy) is 1. The largest absolute Gasteiger partial charge is 0.379 e. The molecule has 1 N–H and O–H groups in total. The topological polar surface area (TPSA) is 50.3 Å². The maximum Gasteiger partial charge on any atom is 0.222 e. The van der Waals surface area contributed by atoms with E-state index in [1.54, 1.807) is 12.4 Å². The fraction of sp³-hybridized carbons (Fsp3) is 0.368. The van der Waals surface area contributed by atoms with Gasteiger partial charge < -0.3 is 10.1 Å². The van der Waals surface area contributed by atoms with Crippen molar-refractivity contribution in [1.82, 2.24) is 14.9 Å². The van der Waals surface area contributed by atoms with Crippen molar-refractivity contribution >= 4 is 5.95 Å². The first-order chi connectivity index (χ1) is 11.8. The SMILES string of the molecule is Cc1ccccc1C#Cc1cnc(NCCN2CCOCC2)nc1. The number of nitrogens with one attached hydrogen (secondary N) is 1. The zero-order valence-electron chi connectivity index (χ0n) is 14.0. The third kappa shape index (κ3) is 4.79. The number of hydrogen-bond acceptors (Lipinski definition) is 5. The predicted octanol–water partition coefficient (Wildman–Crippen LogP) is 1.93. The van der Waals surface area contributed by atoms with Gasteiger partial charge in [-0.2, -0.15) is 0 Å². The van der Waals surface area contributed by atoms with Gasteiger partial charge in [0.05, 0.1) is 18.8 Å². The Hall–Kier alpha value is -2.42. The van der Waals surface area contributed by atoms with E-state index in [4.69, 9.17) is 4.74 Å². The van der Waals surface area contributed by atoms with Crippen molar-refractivity contribution in [2.24, 2.45) is 0 Å². The van der Waals surface area contributed by atoms with Crippen LogP contribution in [0.2, 0.25) is 0 Å². The van der Waals surface area contributed by atoms with E-state index in [9.17, 15) is 0 Å². The molecule has 0 aliphatic carbocycles. The van der Waals surface area contributed by atoms with Gasteiger partial charge in [-0.05, 0) is 18.6 Å². The fourth-order valence-corrected chi connectivity index (χ4v) is 2.49. The number of aryl methyl sites for hydroxylation is 1. The Bertz CT molecular complexity index is 712. The van der Waals surface area contributed by atoms with Crippen molar-refractivity contribution in [3.05, 3.63) is 53.3 Å². The minimum atomic E-state index is 0.643. The molecular weight excluding hydrogens is 300 g/mol. The van der Waals surface area contributed by atoms with Crippen LogP contribution in [0.1, 0.15) is 16.7 Å². The number of hydrogen-bond donors (Lipinski definition) is 1. The molecular formula is C19H22N4O. The van der Waals surface area contributed by atoms with E-state index >= 15 is 0 Å². The minimum Gasteiger partial charge on any atom is -0.379 e. The number of aromatic nitrogens is 2. The molecule has 0 saturated carbocycles. The normalized spacial score (nSPS) is 14.7. The number of benzene rings is 1. The Morgan fingerprint density at radius 2 is 1.88 bits per heavy atom. The summed E-state index contributed by atoms with van der Waals surface area (Å²) >= 11 is 0. The molecule has 0 unspecified atom stereocenters. The van der Waals surface area contributed by atoms with Crippen LogP contribution in [0.4, 0.5) is 5.95 Å². The van der Waals surface area contributed by atoms with Crippen LogP contribution >= 0.6 is 0 Å². The maximum absolute atomic E-state index is 5.34. The molecule has 1 aromatic heterocycles. The summed E-state index contributed by atoms with van der Waals surface area (Å²) in [6.07, 6.45) is 3.52. The Morgan fingerprint density at radius 1 is 1.12 bits per heavy atom. The molecule has 5 heteroatoms. The van der Waals surface area contributed by atoms with E-state index in [1.165, 1.54) is 5.56 Å². The predicted molar refractivity (Wildman–Crippen MR) is 94.9 cm³/mol. The molecule has 2 aromatic rings. The number of anilines is 1. The van der Waals surface area contributed by atoms with Crippen LogP contribution in [0, 0.1) is 18.8 Å². The molecule has 1 aliphatic heterocycles. The lowest BCUT2D eigenvalue weighted by Crippen LogP contribution is -2.39. The molecule has 0 spiro atoms. The van der Waals surface area contributed by atoms with Crippen LogP contribution < -0.4 is 5.32 Å². The molecule has 124 valence electrons. The molecule has 24 heavy (non-hydrogen) atoms. The fourth-order valence-electron chi connectivity index (χ4n) is 2.49. The highest BCUT2D eigenvalue weighted by Gasteiger charge is 2.09. The molecule has 3 rings (SSSR count). The summed E-state index contributed by atoms with van der Waals surface area (Å²) < 4.78 is 5.34. The van der Waals surface area contributed by atoms with Gasteiger partial charge in [-0.25, -0.2) is 9.97 Å². The smallest absolute Gasteiger partial charge is 0.222 e. The van der Waals surface area contributed by atoms with E-state index in [1.807, 2.05) is 18.2 Å². The summed E-state index contributed by atoms with van der Waals surface area (Å²) in [5, 5.41) is 3.25. The quantitative estimate of drug-likeness (QED) is 0.872. The van der Waals surface area contributed by atoms with Crippen LogP contribution in [0.5, 0.6) is 0 Å². The summed E-state index contributed by atoms with van der Waals surface area (Å²) in [7, 11) is 0. The first-order valence-electron chi connectivity index (χ1n) is 8.25. The zero-order chi connectivity index (χ0) is 16.6. The Balaban J connectivity index is 1.51. The van der Waals surface area contributed by atoms with Crippen molar-refractivity contribution in [3.8, 4) is 11.8 Å². The second-order valence-electron chi connectivity index (χ2n) is 5.74. The van der Waals surface area contributed by atoms with Gasteiger partial charge in [0.2, 0.25) is 5.95 Å². The van der Waals surface area contributed by atoms with Gasteiger partial charge in [0.1, 0.15) is 0 Å². The molecule has 2 heterocycles. The highest BCUT2D eigenvalue weighted by molar-refractivity contribution is 5.45. The van der Waals surface area contributed by atoms with Crippen LogP contribution in [-0.2, 0) is 4.74 Å². The summed E-state index contributed by atoms with van der Waals surface area (Å²) in [6.45, 7) is 7.50. The van der Waals surface area contributed by atoms with Gasteiger partial charge in [0, 0.05) is 44.1 Å². The first kappa shape index (κ1) is 16.4. The van der Waals surface area contributed by atoms with E-state index in [2.05, 4.69) is 45.0 Å². The van der Waals surface area contributed by atoms with E-state index in [-0.39, 0.29) is 0 Å². The number of morpholine rings is 1. The Kier molecular flexibility index (Phi) is 5.78. The van der Waals surface area contributed by atoms with Crippen molar-refractivity contribution in [1.29, 1.82) is 0 Å². The molecule has 0 bridgehead atoms. The van der Waals surface area contributed by atoms with Crippen molar-refractivity contribution in [2.75, 3.05) is 44.7 Å². The van der Waals surface area contributed by atoms with Crippen molar-refractivity contribution in [2.45, 2.75) is 6.92 Å². The van der Waals surface area contributed by atoms with Crippen molar-refractivity contribution < 1.29 is 4.74 Å². The second-order valence-corrected chi connectivity index (χ2v) is 5.74. The lowest BCUT2D eigenvalue weighted by atomic mass is 10.1. The third-order valence-corrected chi connectivity index (χ3v) is 3.95. The number of rotatable bonds is 4. The molecule has 0 radical (unpaired) electrons. The average Bonchev–Trinajstić information content (AvgIpc) is 2.63. The summed E-state index contributed by atoms with van der Waals surface area (Å²) in [5.74, 6) is 6.92. The van der Waals surface area contributed by atoms with Gasteiger partial charge in [0.25, 0.3) is 0 Å². The van der Waals surface area contributed by atoms with Crippen LogP contribution in [0.25, 0.3) is 0 Å². The highest BCUT2D eigenvalue weighted by Crippen LogP contribution is 2.05. The average molecular weight is 322 g/mol. The minimum absolute atomic E-state index is 0.643. The van der Waals surface area contributed by atoms with Gasteiger partial charge >= 0.3 is 0 Å². The molecule has 0 atom stereocenters.